The van der Waals surface area contributed by atoms with E-state index in [0.717, 1.165) is 76.3 Å². The highest BCUT2D eigenvalue weighted by Gasteiger charge is 2.16. The van der Waals surface area contributed by atoms with Crippen LogP contribution < -0.4 is 4.74 Å². The second-order valence-electron chi connectivity index (χ2n) is 14.5. The third kappa shape index (κ3) is 8.13. The van der Waals surface area contributed by atoms with E-state index in [9.17, 15) is 0 Å². The van der Waals surface area contributed by atoms with Gasteiger partial charge in [-0.2, -0.15) is 10.2 Å². The van der Waals surface area contributed by atoms with Crippen molar-refractivity contribution >= 4 is 0 Å². The van der Waals surface area contributed by atoms with Gasteiger partial charge in [0.15, 0.2) is 0 Å². The second-order valence-corrected chi connectivity index (χ2v) is 14.5. The molecule has 0 radical (unpaired) electrons. The highest BCUT2D eigenvalue weighted by molar-refractivity contribution is 5.87. The van der Waals surface area contributed by atoms with Gasteiger partial charge >= 0.3 is 0 Å². The van der Waals surface area contributed by atoms with Gasteiger partial charge in [-0.3, -0.25) is 4.98 Å². The molecule has 0 unspecified atom stereocenters. The maximum absolute atomic E-state index is 6.10. The van der Waals surface area contributed by atoms with Gasteiger partial charge in [0.1, 0.15) is 5.75 Å². The predicted molar refractivity (Wildman–Crippen MR) is 234 cm³/mol. The van der Waals surface area contributed by atoms with Crippen LogP contribution in [0.2, 0.25) is 0 Å². The number of rotatable bonds is 13. The summed E-state index contributed by atoms with van der Waals surface area (Å²) in [7, 11) is 1.74. The van der Waals surface area contributed by atoms with E-state index >= 15 is 0 Å². The van der Waals surface area contributed by atoms with Crippen molar-refractivity contribution in [3.8, 4) is 61.8 Å². The van der Waals surface area contributed by atoms with Crippen molar-refractivity contribution in [3.05, 3.63) is 217 Å². The molecule has 0 saturated heterocycles. The minimum absolute atomic E-state index is 0.788. The Morgan fingerprint density at radius 2 is 0.983 bits per heavy atom. The molecule has 9 aromatic rings. The molecule has 0 saturated carbocycles. The van der Waals surface area contributed by atoms with E-state index < -0.39 is 0 Å². The van der Waals surface area contributed by atoms with E-state index in [1.807, 2.05) is 46.2 Å². The number of pyridine rings is 1. The largest absolute Gasteiger partial charge is 0.496 e. The molecule has 0 fully saturated rings. The van der Waals surface area contributed by atoms with E-state index in [1.165, 1.54) is 33.4 Å². The normalized spacial score (nSPS) is 11.1. The molecule has 0 bridgehead atoms. The van der Waals surface area contributed by atoms with Crippen LogP contribution >= 0.6 is 0 Å². The van der Waals surface area contributed by atoms with Crippen molar-refractivity contribution in [2.75, 3.05) is 7.11 Å². The number of aryl methyl sites for hydroxylation is 4. The van der Waals surface area contributed by atoms with Crippen LogP contribution in [0, 0.1) is 0 Å². The molecule has 58 heavy (non-hydrogen) atoms. The molecular formula is C52H43N5O. The Balaban J connectivity index is 1.03. The molecular weight excluding hydrogens is 711 g/mol. The number of nitrogens with zero attached hydrogens (tertiary/aromatic N) is 5. The SMILES string of the molecule is COc1cc(-c2cccc(-c3ccccc3)c2)ncc1-c1ccccc1-c1cc(CCc2ccc(-n3cccn3)cc2)cc(CCc2ccc(-n3cccn3)cc2)c1. The first-order chi connectivity index (χ1) is 28.7. The Morgan fingerprint density at radius 3 is 1.57 bits per heavy atom. The van der Waals surface area contributed by atoms with Crippen molar-refractivity contribution in [3.63, 3.8) is 0 Å². The monoisotopic (exact) mass is 753 g/mol. The summed E-state index contributed by atoms with van der Waals surface area (Å²) in [5.41, 5.74) is 16.0. The Labute approximate surface area is 339 Å². The van der Waals surface area contributed by atoms with Gasteiger partial charge in [-0.05, 0) is 118 Å². The minimum Gasteiger partial charge on any atom is -0.496 e. The first-order valence-electron chi connectivity index (χ1n) is 19.8. The second kappa shape index (κ2) is 16.8. The summed E-state index contributed by atoms with van der Waals surface area (Å²) in [4.78, 5) is 5.02. The highest BCUT2D eigenvalue weighted by atomic mass is 16.5. The molecule has 6 aromatic carbocycles. The van der Waals surface area contributed by atoms with Crippen LogP contribution in [0.3, 0.4) is 0 Å². The van der Waals surface area contributed by atoms with E-state index in [2.05, 4.69) is 156 Å². The van der Waals surface area contributed by atoms with Gasteiger partial charge in [-0.25, -0.2) is 9.36 Å². The summed E-state index contributed by atoms with van der Waals surface area (Å²) in [5.74, 6) is 0.788. The minimum atomic E-state index is 0.788. The van der Waals surface area contributed by atoms with Crippen LogP contribution in [0.25, 0.3) is 56.0 Å². The third-order valence-corrected chi connectivity index (χ3v) is 10.7. The first kappa shape index (κ1) is 36.3. The van der Waals surface area contributed by atoms with Gasteiger partial charge in [0.25, 0.3) is 0 Å². The van der Waals surface area contributed by atoms with Crippen LogP contribution in [-0.4, -0.2) is 31.7 Å². The van der Waals surface area contributed by atoms with E-state index in [4.69, 9.17) is 9.72 Å². The maximum atomic E-state index is 6.10. The number of hydrogen-bond donors (Lipinski definition) is 0. The van der Waals surface area contributed by atoms with Crippen LogP contribution in [0.15, 0.2) is 195 Å². The van der Waals surface area contributed by atoms with Gasteiger partial charge < -0.3 is 4.74 Å². The molecule has 0 atom stereocenters. The topological polar surface area (TPSA) is 57.8 Å². The summed E-state index contributed by atoms with van der Waals surface area (Å²) < 4.78 is 9.89. The fourth-order valence-electron chi connectivity index (χ4n) is 7.68. The Bertz CT molecular complexity index is 2640. The highest BCUT2D eigenvalue weighted by Crippen LogP contribution is 2.39. The molecule has 0 aliphatic heterocycles. The lowest BCUT2D eigenvalue weighted by Crippen LogP contribution is -1.99. The summed E-state index contributed by atoms with van der Waals surface area (Å²) in [6.45, 7) is 0. The summed E-state index contributed by atoms with van der Waals surface area (Å²) in [6, 6.07) is 58.1. The van der Waals surface area contributed by atoms with Crippen molar-refractivity contribution < 1.29 is 4.74 Å². The molecule has 0 spiro atoms. The number of methoxy groups -OCH3 is 1. The molecule has 0 N–H and O–H groups in total. The predicted octanol–water partition coefficient (Wildman–Crippen LogP) is 11.7. The van der Waals surface area contributed by atoms with E-state index in [1.54, 1.807) is 19.5 Å². The van der Waals surface area contributed by atoms with Gasteiger partial charge in [-0.15, -0.1) is 0 Å². The third-order valence-electron chi connectivity index (χ3n) is 10.7. The summed E-state index contributed by atoms with van der Waals surface area (Å²) in [6.07, 6.45) is 13.2. The van der Waals surface area contributed by atoms with Crippen molar-refractivity contribution in [1.29, 1.82) is 0 Å². The molecule has 0 aliphatic carbocycles. The van der Waals surface area contributed by atoms with Crippen molar-refractivity contribution in [2.24, 2.45) is 0 Å². The standard InChI is InChI=1S/C52H43N5O/c1-58-52-36-51(44-13-7-12-43(35-44)42-10-3-2-4-11-42)53-37-50(52)49-15-6-5-14-48(49)45-33-40(18-16-38-20-24-46(25-21-38)56-30-8-28-54-56)32-41(34-45)19-17-39-22-26-47(27-23-39)57-31-9-29-55-57/h2-15,20-37H,16-19H2,1H3. The molecule has 6 heteroatoms. The summed E-state index contributed by atoms with van der Waals surface area (Å²) >= 11 is 0. The summed E-state index contributed by atoms with van der Waals surface area (Å²) in [5, 5.41) is 8.77. The fourth-order valence-corrected chi connectivity index (χ4v) is 7.68. The molecule has 0 aliphatic rings. The van der Waals surface area contributed by atoms with Crippen LogP contribution in [0.5, 0.6) is 5.75 Å². The fraction of sp³-hybridized carbons (Fsp3) is 0.0962. The number of benzene rings is 6. The molecule has 3 aromatic heterocycles. The Morgan fingerprint density at radius 1 is 0.431 bits per heavy atom. The van der Waals surface area contributed by atoms with E-state index in [0.29, 0.717) is 0 Å². The molecule has 3 heterocycles. The zero-order valence-electron chi connectivity index (χ0n) is 32.4. The van der Waals surface area contributed by atoms with Crippen molar-refractivity contribution in [1.82, 2.24) is 24.5 Å². The van der Waals surface area contributed by atoms with Crippen LogP contribution in [-0.2, 0) is 25.7 Å². The van der Waals surface area contributed by atoms with E-state index in [-0.39, 0.29) is 0 Å². The first-order valence-corrected chi connectivity index (χ1v) is 19.8. The number of ether oxygens (including phenoxy) is 1. The molecule has 9 rings (SSSR count). The molecule has 0 amide bonds. The zero-order chi connectivity index (χ0) is 39.1. The van der Waals surface area contributed by atoms with Crippen LogP contribution in [0.1, 0.15) is 22.3 Å². The average molecular weight is 754 g/mol. The van der Waals surface area contributed by atoms with Gasteiger partial charge in [0.2, 0.25) is 0 Å². The lowest BCUT2D eigenvalue weighted by Gasteiger charge is -2.17. The lowest BCUT2D eigenvalue weighted by atomic mass is 9.90. The molecule has 282 valence electrons. The van der Waals surface area contributed by atoms with Gasteiger partial charge in [0.05, 0.1) is 24.2 Å². The zero-order valence-corrected chi connectivity index (χ0v) is 32.4. The molecule has 6 nitrogen and oxygen atoms in total. The van der Waals surface area contributed by atoms with Crippen molar-refractivity contribution in [2.45, 2.75) is 25.7 Å². The van der Waals surface area contributed by atoms with Gasteiger partial charge in [-0.1, -0.05) is 115 Å². The van der Waals surface area contributed by atoms with Crippen LogP contribution in [0.4, 0.5) is 0 Å². The Hall–Kier alpha value is -7.31. The average Bonchev–Trinajstić information content (AvgIpc) is 4.05. The maximum Gasteiger partial charge on any atom is 0.130 e. The number of aromatic nitrogens is 5. The van der Waals surface area contributed by atoms with Gasteiger partial charge in [0, 0.05) is 48.2 Å². The Kier molecular flexibility index (Phi) is 10.5. The lowest BCUT2D eigenvalue weighted by molar-refractivity contribution is 0.416. The smallest absolute Gasteiger partial charge is 0.130 e. The number of hydrogen-bond acceptors (Lipinski definition) is 4. The quantitative estimate of drug-likeness (QED) is 0.118.